The highest BCUT2D eigenvalue weighted by Crippen LogP contribution is 2.21. The molecule has 1 atom stereocenters. The minimum Gasteiger partial charge on any atom is -0.491 e. The quantitative estimate of drug-likeness (QED) is 0.458. The van der Waals surface area contributed by atoms with Crippen molar-refractivity contribution < 1.29 is 18.4 Å². The number of rotatable bonds is 6. The van der Waals surface area contributed by atoms with Crippen molar-refractivity contribution in [3.8, 4) is 5.75 Å². The molecule has 102 valence electrons. The number of ether oxygens (including phenoxy) is 1. The summed E-state index contributed by atoms with van der Waals surface area (Å²) in [6, 6.07) is 3.96. The van der Waals surface area contributed by atoms with Gasteiger partial charge in [0.25, 0.3) is 0 Å². The van der Waals surface area contributed by atoms with Crippen molar-refractivity contribution in [3.05, 3.63) is 29.6 Å². The Hall–Kier alpha value is -0.700. The van der Waals surface area contributed by atoms with Crippen molar-refractivity contribution in [2.45, 2.75) is 20.3 Å². The third-order valence-electron chi connectivity index (χ3n) is 1.82. The van der Waals surface area contributed by atoms with Gasteiger partial charge in [0.1, 0.15) is 18.2 Å². The minimum atomic E-state index is -0.515. The van der Waals surface area contributed by atoms with Crippen LogP contribution in [0.5, 0.6) is 5.75 Å². The molecule has 3 nitrogen and oxygen atoms in total. The van der Waals surface area contributed by atoms with Gasteiger partial charge < -0.3 is 9.26 Å². The molecule has 1 rings (SSSR count). The molecule has 0 amide bonds. The molecule has 18 heavy (non-hydrogen) atoms. The molecule has 0 bridgehead atoms. The summed E-state index contributed by atoms with van der Waals surface area (Å²) >= 11 is 5.27. The highest BCUT2D eigenvalue weighted by Gasteiger charge is 2.08. The van der Waals surface area contributed by atoms with Crippen LogP contribution < -0.4 is 4.74 Å². The SMILES string of the molecule is CC.O=C(Cl)Cc1ccc(F)cc1OCCOP. The van der Waals surface area contributed by atoms with Crippen LogP contribution in [-0.4, -0.2) is 18.5 Å². The molecule has 0 saturated heterocycles. The summed E-state index contributed by atoms with van der Waals surface area (Å²) in [5.41, 5.74) is 0.560. The van der Waals surface area contributed by atoms with E-state index < -0.39 is 11.1 Å². The molecule has 1 aromatic carbocycles. The molecule has 0 N–H and O–H groups in total. The van der Waals surface area contributed by atoms with E-state index in [-0.39, 0.29) is 13.0 Å². The van der Waals surface area contributed by atoms with Crippen molar-refractivity contribution in [1.82, 2.24) is 0 Å². The summed E-state index contributed by atoms with van der Waals surface area (Å²) in [6.45, 7) is 4.63. The molecule has 0 aliphatic carbocycles. The molecule has 0 aliphatic rings. The van der Waals surface area contributed by atoms with Gasteiger partial charge >= 0.3 is 0 Å². The van der Waals surface area contributed by atoms with E-state index >= 15 is 0 Å². The van der Waals surface area contributed by atoms with Crippen LogP contribution in [-0.2, 0) is 15.7 Å². The van der Waals surface area contributed by atoms with E-state index in [2.05, 4.69) is 9.47 Å². The molecule has 0 aromatic heterocycles. The molecule has 1 unspecified atom stereocenters. The summed E-state index contributed by atoms with van der Waals surface area (Å²) in [5.74, 6) is -0.108. The number of carbonyl (C=O) groups excluding carboxylic acids is 1. The topological polar surface area (TPSA) is 35.5 Å². The van der Waals surface area contributed by atoms with Crippen LogP contribution in [0.4, 0.5) is 4.39 Å². The van der Waals surface area contributed by atoms with Crippen LogP contribution in [0, 0.1) is 5.82 Å². The normalized spacial score (nSPS) is 9.39. The van der Waals surface area contributed by atoms with E-state index in [0.29, 0.717) is 17.9 Å². The largest absolute Gasteiger partial charge is 0.491 e. The van der Waals surface area contributed by atoms with Crippen LogP contribution in [0.25, 0.3) is 0 Å². The fourth-order valence-corrected chi connectivity index (χ4v) is 1.40. The van der Waals surface area contributed by atoms with Gasteiger partial charge in [-0.15, -0.1) is 0 Å². The van der Waals surface area contributed by atoms with Gasteiger partial charge in [-0.05, 0) is 17.7 Å². The lowest BCUT2D eigenvalue weighted by molar-refractivity contribution is -0.111. The first kappa shape index (κ1) is 17.3. The zero-order chi connectivity index (χ0) is 14.0. The molecule has 0 saturated carbocycles. The highest BCUT2D eigenvalue weighted by atomic mass is 35.5. The van der Waals surface area contributed by atoms with Crippen molar-refractivity contribution >= 4 is 26.3 Å². The Labute approximate surface area is 114 Å². The van der Waals surface area contributed by atoms with Crippen LogP contribution in [0.15, 0.2) is 18.2 Å². The van der Waals surface area contributed by atoms with Crippen molar-refractivity contribution in [1.29, 1.82) is 0 Å². The zero-order valence-corrected chi connectivity index (χ0v) is 12.3. The summed E-state index contributed by atoms with van der Waals surface area (Å²) in [7, 11) is 2.09. The second-order valence-electron chi connectivity index (χ2n) is 3.00. The van der Waals surface area contributed by atoms with Gasteiger partial charge in [0.15, 0.2) is 0 Å². The first-order chi connectivity index (χ1) is 8.63. The maximum Gasteiger partial charge on any atom is 0.226 e. The predicted octanol–water partition coefficient (Wildman–Crippen LogP) is 3.35. The number of hydrogen-bond donors (Lipinski definition) is 0. The predicted molar refractivity (Wildman–Crippen MR) is 73.5 cm³/mol. The van der Waals surface area contributed by atoms with E-state index in [1.807, 2.05) is 13.8 Å². The Morgan fingerprint density at radius 1 is 1.39 bits per heavy atom. The maximum absolute atomic E-state index is 13.0. The molecular formula is C12H17ClFO3P. The van der Waals surface area contributed by atoms with E-state index in [9.17, 15) is 9.18 Å². The van der Waals surface area contributed by atoms with E-state index in [4.69, 9.17) is 20.9 Å². The van der Waals surface area contributed by atoms with Crippen LogP contribution in [0.2, 0.25) is 0 Å². The van der Waals surface area contributed by atoms with Crippen LogP contribution in [0.3, 0.4) is 0 Å². The number of hydrogen-bond acceptors (Lipinski definition) is 3. The summed E-state index contributed by atoms with van der Waals surface area (Å²) in [4.78, 5) is 10.8. The lowest BCUT2D eigenvalue weighted by Crippen LogP contribution is -2.06. The first-order valence-corrected chi connectivity index (χ1v) is 6.39. The minimum absolute atomic E-state index is 0.0128. The molecule has 6 heteroatoms. The average Bonchev–Trinajstić information content (AvgIpc) is 2.35. The Bertz CT molecular complexity index is 374. The standard InChI is InChI=1S/C10H11ClFO3P.C2H6/c11-10(13)5-7-1-2-8(12)6-9(7)14-3-4-15-16;1-2/h1-2,6H,3-5,16H2;1-2H3. The fourth-order valence-electron chi connectivity index (χ4n) is 1.16. The van der Waals surface area contributed by atoms with E-state index in [1.54, 1.807) is 0 Å². The van der Waals surface area contributed by atoms with E-state index in [1.165, 1.54) is 18.2 Å². The Kier molecular flexibility index (Phi) is 9.85. The van der Waals surface area contributed by atoms with Gasteiger partial charge in [-0.1, -0.05) is 19.9 Å². The summed E-state index contributed by atoms with van der Waals surface area (Å²) < 4.78 is 23.0. The van der Waals surface area contributed by atoms with Crippen molar-refractivity contribution in [3.63, 3.8) is 0 Å². The molecule has 0 fully saturated rings. The second kappa shape index (κ2) is 10.2. The van der Waals surface area contributed by atoms with Crippen LogP contribution in [0.1, 0.15) is 19.4 Å². The van der Waals surface area contributed by atoms with Crippen molar-refractivity contribution in [2.24, 2.45) is 0 Å². The third-order valence-corrected chi connectivity index (χ3v) is 2.19. The van der Waals surface area contributed by atoms with Crippen LogP contribution >= 0.6 is 21.1 Å². The Morgan fingerprint density at radius 3 is 2.61 bits per heavy atom. The highest BCUT2D eigenvalue weighted by molar-refractivity contribution is 7.09. The third kappa shape index (κ3) is 6.90. The van der Waals surface area contributed by atoms with Gasteiger partial charge in [-0.2, -0.15) is 0 Å². The van der Waals surface area contributed by atoms with Gasteiger partial charge in [0, 0.05) is 21.1 Å². The number of benzene rings is 1. The molecular weight excluding hydrogens is 278 g/mol. The summed E-state index contributed by atoms with van der Waals surface area (Å²) in [6.07, 6.45) is 0.0128. The van der Waals surface area contributed by atoms with Crippen molar-refractivity contribution in [2.75, 3.05) is 13.2 Å². The monoisotopic (exact) mass is 294 g/mol. The van der Waals surface area contributed by atoms with Gasteiger partial charge in [0.2, 0.25) is 5.24 Å². The molecule has 1 aromatic rings. The van der Waals surface area contributed by atoms with Gasteiger partial charge in [0.05, 0.1) is 13.0 Å². The smallest absolute Gasteiger partial charge is 0.226 e. The number of carbonyl (C=O) groups is 1. The fraction of sp³-hybridized carbons (Fsp3) is 0.417. The van der Waals surface area contributed by atoms with Gasteiger partial charge in [-0.25, -0.2) is 4.39 Å². The molecule has 0 radical (unpaired) electrons. The Morgan fingerprint density at radius 2 is 2.06 bits per heavy atom. The molecule has 0 aliphatic heterocycles. The molecule has 0 heterocycles. The summed E-state index contributed by atoms with van der Waals surface area (Å²) in [5, 5.41) is -0.515. The van der Waals surface area contributed by atoms with Gasteiger partial charge in [-0.3, -0.25) is 4.79 Å². The second-order valence-corrected chi connectivity index (χ2v) is 3.76. The number of halogens is 2. The Balaban J connectivity index is 0.00000137. The maximum atomic E-state index is 13.0. The molecule has 0 spiro atoms. The lowest BCUT2D eigenvalue weighted by Gasteiger charge is -2.09. The van der Waals surface area contributed by atoms with E-state index in [0.717, 1.165) is 0 Å². The average molecular weight is 295 g/mol. The first-order valence-electron chi connectivity index (χ1n) is 5.54. The zero-order valence-electron chi connectivity index (χ0n) is 10.4. The lowest BCUT2D eigenvalue weighted by atomic mass is 10.1.